The maximum Gasteiger partial charge on any atom is 2.00 e. The van der Waals surface area contributed by atoms with Gasteiger partial charge in [0.15, 0.2) is 0 Å². The Kier molecular flexibility index (Phi) is 2260. The van der Waals surface area contributed by atoms with E-state index in [-0.39, 0.29) is 164 Å². The Morgan fingerprint density at radius 2 is 0.273 bits per heavy atom. The molecule has 0 heterocycles. The van der Waals surface area contributed by atoms with Gasteiger partial charge in [-0.2, -0.15) is 0 Å². The normalized spacial score (nSPS) is 0. The molecular weight excluding hydrogens is 961 g/mol. The molecule has 0 unspecified atom stereocenters. The van der Waals surface area contributed by atoms with Crippen molar-refractivity contribution >= 4 is 131 Å². The van der Waals surface area contributed by atoms with Gasteiger partial charge in [-0.15, -0.1) is 0 Å². The Balaban J connectivity index is 0. The van der Waals surface area contributed by atoms with E-state index >= 15 is 0 Å². The summed E-state index contributed by atoms with van der Waals surface area (Å²) in [4.78, 5) is 0. The summed E-state index contributed by atoms with van der Waals surface area (Å²) >= 11 is 0. The fourth-order valence-corrected chi connectivity index (χ4v) is 0. The molecule has 11 heteroatoms. The van der Waals surface area contributed by atoms with E-state index in [9.17, 15) is 0 Å². The van der Waals surface area contributed by atoms with Gasteiger partial charge in [0, 0.05) is 48.9 Å². The summed E-state index contributed by atoms with van der Waals surface area (Å²) < 4.78 is 0. The van der Waals surface area contributed by atoms with E-state index in [2.05, 4.69) is 0 Å². The van der Waals surface area contributed by atoms with Crippen LogP contribution in [-0.2, 0) is 0 Å². The number of hydrogen-bond acceptors (Lipinski definition) is 6. The van der Waals surface area contributed by atoms with Crippen molar-refractivity contribution in [3.8, 4) is 0 Å². The molecule has 0 bridgehead atoms. The molecule has 0 aliphatic carbocycles. The molecule has 0 aliphatic rings. The molecule has 6 N–H and O–H groups in total. The second-order valence-corrected chi connectivity index (χ2v) is 0. The van der Waals surface area contributed by atoms with Gasteiger partial charge in [-0.05, 0) is 0 Å². The maximum atomic E-state index is 0. The van der Waals surface area contributed by atoms with Crippen LogP contribution in [0.1, 0.15) is 0 Å². The minimum absolute atomic E-state index is 0. The molecule has 0 aromatic rings. The average Bonchev–Trinajstić information content (AvgIpc) is 0. The largest absolute Gasteiger partial charge is 2.00 e. The minimum Gasteiger partial charge on any atom is -0.870 e. The van der Waals surface area contributed by atoms with Crippen molar-refractivity contribution in [1.29, 1.82) is 0 Å². The first kappa shape index (κ1) is 176. The molecule has 0 saturated carbocycles. The summed E-state index contributed by atoms with van der Waals surface area (Å²) in [5.41, 5.74) is 0. The van der Waals surface area contributed by atoms with Crippen LogP contribution in [-0.4, -0.2) is 164 Å². The second-order valence-electron chi connectivity index (χ2n) is 0. The summed E-state index contributed by atoms with van der Waals surface area (Å²) in [5.74, 6) is 0. The van der Waals surface area contributed by atoms with E-state index in [1.165, 1.54) is 0 Å². The third kappa shape index (κ3) is 121. The van der Waals surface area contributed by atoms with Gasteiger partial charge >= 0.3 is 81.9 Å². The molecule has 0 aliphatic heterocycles. The SMILES string of the molecule is [OH-].[OH-].[OH-].[OH-].[OH-].[OH-].[Pb+2].[Pb+2].[Pb+2].[Sb].[Sb]. The standard InChI is InChI=1S/6H2O.3Pb.2Sb/h6*1H2;;;;;/q;;;;;;3*+2;;/p-6. The van der Waals surface area contributed by atoms with Gasteiger partial charge in [-0.1, -0.05) is 0 Å². The van der Waals surface area contributed by atoms with Crippen molar-refractivity contribution < 1.29 is 32.9 Å². The molecule has 0 aromatic heterocycles. The zero-order valence-corrected chi connectivity index (χ0v) is 21.8. The summed E-state index contributed by atoms with van der Waals surface area (Å²) in [6, 6.07) is 0. The number of hydrogen-bond donors (Lipinski definition) is 0. The Morgan fingerprint density at radius 1 is 0.273 bits per heavy atom. The van der Waals surface area contributed by atoms with Gasteiger partial charge in [-0.3, -0.25) is 0 Å². The van der Waals surface area contributed by atoms with E-state index in [4.69, 9.17) is 0 Å². The summed E-state index contributed by atoms with van der Waals surface area (Å²) in [6.07, 6.45) is 0. The zero-order chi connectivity index (χ0) is 0. The van der Waals surface area contributed by atoms with E-state index in [0.717, 1.165) is 0 Å². The summed E-state index contributed by atoms with van der Waals surface area (Å²) in [6.45, 7) is 0. The van der Waals surface area contributed by atoms with Crippen LogP contribution in [0.5, 0.6) is 0 Å². The van der Waals surface area contributed by atoms with Gasteiger partial charge in [-0.25, -0.2) is 0 Å². The third-order valence-corrected chi connectivity index (χ3v) is 0. The van der Waals surface area contributed by atoms with Crippen LogP contribution in [0.15, 0.2) is 0 Å². The van der Waals surface area contributed by atoms with Crippen molar-refractivity contribution in [2.75, 3.05) is 0 Å². The fraction of sp³-hybridized carbons (Fsp3) is 0. The van der Waals surface area contributed by atoms with E-state index < -0.39 is 0 Å². The van der Waals surface area contributed by atoms with Gasteiger partial charge in [0.1, 0.15) is 0 Å². The first-order valence-corrected chi connectivity index (χ1v) is 0. The smallest absolute Gasteiger partial charge is 0.870 e. The molecule has 0 saturated heterocycles. The molecule has 0 spiro atoms. The fourth-order valence-electron chi connectivity index (χ4n) is 0. The second kappa shape index (κ2) is 142. The van der Waals surface area contributed by atoms with Crippen LogP contribution in [0, 0.1) is 0 Å². The first-order chi connectivity index (χ1) is 0. The summed E-state index contributed by atoms with van der Waals surface area (Å²) in [5, 5.41) is 0. The quantitative estimate of drug-likeness (QED) is 0.234. The van der Waals surface area contributed by atoms with Crippen molar-refractivity contribution in [3.63, 3.8) is 0 Å². The Hall–Kier alpha value is 4.16. The average molecular weight is 967 g/mol. The van der Waals surface area contributed by atoms with Crippen LogP contribution in [0.2, 0.25) is 0 Å². The van der Waals surface area contributed by atoms with E-state index in [1.807, 2.05) is 0 Å². The van der Waals surface area contributed by atoms with Crippen molar-refractivity contribution in [2.24, 2.45) is 0 Å². The van der Waals surface area contributed by atoms with Crippen molar-refractivity contribution in [3.05, 3.63) is 0 Å². The van der Waals surface area contributed by atoms with Crippen LogP contribution < -0.4 is 0 Å². The van der Waals surface area contributed by atoms with Crippen molar-refractivity contribution in [2.45, 2.75) is 0 Å². The molecular formula is H6O6Pb3Sb2. The molecule has 0 aromatic carbocycles. The monoisotopic (exact) mass is 968 g/mol. The first-order valence-electron chi connectivity index (χ1n) is 0. The van der Waals surface area contributed by atoms with E-state index in [0.29, 0.717) is 0 Å². The van der Waals surface area contributed by atoms with Gasteiger partial charge < -0.3 is 32.9 Å². The Labute approximate surface area is 160 Å². The topological polar surface area (TPSA) is 180 Å². The van der Waals surface area contributed by atoms with Gasteiger partial charge in [0.05, 0.1) is 0 Å². The van der Waals surface area contributed by atoms with Crippen LogP contribution >= 0.6 is 0 Å². The Morgan fingerprint density at radius 3 is 0.273 bits per heavy atom. The van der Waals surface area contributed by atoms with Crippen LogP contribution in [0.3, 0.4) is 0 Å². The number of rotatable bonds is 0. The third-order valence-electron chi connectivity index (χ3n) is 0. The molecule has 11 heavy (non-hydrogen) atoms. The molecule has 64 valence electrons. The Bertz CT molecular complexity index is 15.8. The summed E-state index contributed by atoms with van der Waals surface area (Å²) in [7, 11) is 0. The zero-order valence-electron chi connectivity index (χ0n) is 5.08. The molecule has 0 rings (SSSR count). The molecule has 0 atom stereocenters. The molecule has 6 nitrogen and oxygen atoms in total. The van der Waals surface area contributed by atoms with Gasteiger partial charge in [0.2, 0.25) is 0 Å². The molecule has 12 radical (unpaired) electrons. The maximum absolute atomic E-state index is 0. The predicted octanol–water partition coefficient (Wildman–Crippen LogP) is -2.96. The molecule has 0 amide bonds. The molecule has 0 fully saturated rings. The predicted molar refractivity (Wildman–Crippen MR) is 40.4 cm³/mol. The van der Waals surface area contributed by atoms with Crippen LogP contribution in [0.25, 0.3) is 0 Å². The van der Waals surface area contributed by atoms with Crippen molar-refractivity contribution in [1.82, 2.24) is 0 Å². The van der Waals surface area contributed by atoms with Crippen LogP contribution in [0.4, 0.5) is 0 Å². The minimum atomic E-state index is 0. The van der Waals surface area contributed by atoms with E-state index in [1.54, 1.807) is 0 Å². The van der Waals surface area contributed by atoms with Gasteiger partial charge in [0.25, 0.3) is 0 Å².